The Balaban J connectivity index is 1.73. The molecule has 6 heteroatoms. The van der Waals surface area contributed by atoms with Crippen molar-refractivity contribution >= 4 is 33.3 Å². The number of benzene rings is 1. The van der Waals surface area contributed by atoms with Crippen molar-refractivity contribution in [3.63, 3.8) is 0 Å². The first kappa shape index (κ1) is 13.1. The maximum Gasteiger partial charge on any atom is 0.270 e. The van der Waals surface area contributed by atoms with Gasteiger partial charge in [-0.1, -0.05) is 15.9 Å². The van der Waals surface area contributed by atoms with E-state index in [-0.39, 0.29) is 5.91 Å². The van der Waals surface area contributed by atoms with Gasteiger partial charge in [-0.05, 0) is 37.1 Å². The third kappa shape index (κ3) is 3.33. The van der Waals surface area contributed by atoms with Gasteiger partial charge in [0.25, 0.3) is 5.91 Å². The summed E-state index contributed by atoms with van der Waals surface area (Å²) in [6.07, 6.45) is 3.50. The average molecular weight is 333 g/mol. The predicted octanol–water partition coefficient (Wildman–Crippen LogP) is 2.87. The van der Waals surface area contributed by atoms with Gasteiger partial charge in [-0.3, -0.25) is 4.79 Å². The van der Waals surface area contributed by atoms with Gasteiger partial charge >= 0.3 is 0 Å². The van der Waals surface area contributed by atoms with E-state index in [9.17, 15) is 4.79 Å². The molecule has 1 saturated carbocycles. The zero-order chi connectivity index (χ0) is 13.9. The van der Waals surface area contributed by atoms with Gasteiger partial charge in [0.1, 0.15) is 17.8 Å². The lowest BCUT2D eigenvalue weighted by Crippen LogP contribution is -2.26. The lowest BCUT2D eigenvalue weighted by molar-refractivity contribution is 0.0946. The number of carbonyl (C=O) groups is 1. The Morgan fingerprint density at radius 1 is 1.20 bits per heavy atom. The van der Waals surface area contributed by atoms with E-state index in [0.29, 0.717) is 17.6 Å². The molecule has 2 aromatic rings. The van der Waals surface area contributed by atoms with Crippen LogP contribution < -0.4 is 10.6 Å². The summed E-state index contributed by atoms with van der Waals surface area (Å²) >= 11 is 3.38. The Bertz CT molecular complexity index is 625. The second-order valence-corrected chi connectivity index (χ2v) is 5.58. The number of amides is 1. The summed E-state index contributed by atoms with van der Waals surface area (Å²) in [6.45, 7) is 0. The van der Waals surface area contributed by atoms with E-state index < -0.39 is 0 Å². The van der Waals surface area contributed by atoms with E-state index in [0.717, 1.165) is 23.0 Å². The normalized spacial score (nSPS) is 13.8. The SMILES string of the molecule is O=C(NC1CC1)c1cc(Nc2ccc(Br)cc2)ncn1. The summed E-state index contributed by atoms with van der Waals surface area (Å²) < 4.78 is 1.01. The zero-order valence-corrected chi connectivity index (χ0v) is 12.2. The van der Waals surface area contributed by atoms with Gasteiger partial charge in [0.2, 0.25) is 0 Å². The lowest BCUT2D eigenvalue weighted by atomic mass is 10.3. The van der Waals surface area contributed by atoms with Crippen LogP contribution in [-0.4, -0.2) is 21.9 Å². The van der Waals surface area contributed by atoms with Gasteiger partial charge in [-0.25, -0.2) is 9.97 Å². The molecule has 2 N–H and O–H groups in total. The Kier molecular flexibility index (Phi) is 3.64. The number of rotatable bonds is 4. The molecule has 1 aromatic carbocycles. The fourth-order valence-electron chi connectivity index (χ4n) is 1.72. The van der Waals surface area contributed by atoms with Crippen molar-refractivity contribution < 1.29 is 4.79 Å². The Hall–Kier alpha value is -1.95. The highest BCUT2D eigenvalue weighted by Gasteiger charge is 2.24. The molecule has 0 atom stereocenters. The summed E-state index contributed by atoms with van der Waals surface area (Å²) in [6, 6.07) is 9.70. The topological polar surface area (TPSA) is 66.9 Å². The van der Waals surface area contributed by atoms with Crippen molar-refractivity contribution in [2.45, 2.75) is 18.9 Å². The highest BCUT2D eigenvalue weighted by molar-refractivity contribution is 9.10. The minimum absolute atomic E-state index is 0.145. The molecule has 0 radical (unpaired) electrons. The largest absolute Gasteiger partial charge is 0.348 e. The maximum absolute atomic E-state index is 11.9. The van der Waals surface area contributed by atoms with Crippen molar-refractivity contribution in [1.29, 1.82) is 0 Å². The predicted molar refractivity (Wildman–Crippen MR) is 79.9 cm³/mol. The van der Waals surface area contributed by atoms with E-state index in [1.165, 1.54) is 6.33 Å². The van der Waals surface area contributed by atoms with Crippen molar-refractivity contribution in [3.05, 3.63) is 46.8 Å². The average Bonchev–Trinajstić information content (AvgIpc) is 3.26. The van der Waals surface area contributed by atoms with Gasteiger partial charge in [0.05, 0.1) is 0 Å². The summed E-state index contributed by atoms with van der Waals surface area (Å²) in [5, 5.41) is 6.05. The summed E-state index contributed by atoms with van der Waals surface area (Å²) in [5.74, 6) is 0.456. The smallest absolute Gasteiger partial charge is 0.270 e. The lowest BCUT2D eigenvalue weighted by Gasteiger charge is -2.07. The molecule has 20 heavy (non-hydrogen) atoms. The number of carbonyl (C=O) groups excluding carboxylic acids is 1. The first-order valence-corrected chi connectivity index (χ1v) is 7.15. The quantitative estimate of drug-likeness (QED) is 0.903. The molecular formula is C14H13BrN4O. The second kappa shape index (κ2) is 5.58. The highest BCUT2D eigenvalue weighted by atomic mass is 79.9. The molecule has 0 bridgehead atoms. The van der Waals surface area contributed by atoms with Crippen LogP contribution in [0.2, 0.25) is 0 Å². The number of halogens is 1. The molecule has 1 heterocycles. The number of aromatic nitrogens is 2. The van der Waals surface area contributed by atoms with Crippen LogP contribution >= 0.6 is 15.9 Å². The maximum atomic E-state index is 11.9. The number of hydrogen-bond acceptors (Lipinski definition) is 4. The summed E-state index contributed by atoms with van der Waals surface area (Å²) in [7, 11) is 0. The van der Waals surface area contributed by atoms with Crippen molar-refractivity contribution in [2.75, 3.05) is 5.32 Å². The van der Waals surface area contributed by atoms with Crippen LogP contribution in [0.5, 0.6) is 0 Å². The molecule has 0 saturated heterocycles. The third-order valence-corrected chi connectivity index (χ3v) is 3.46. The van der Waals surface area contributed by atoms with Gasteiger partial charge in [-0.2, -0.15) is 0 Å². The fourth-order valence-corrected chi connectivity index (χ4v) is 1.98. The molecular weight excluding hydrogens is 320 g/mol. The number of nitrogens with one attached hydrogen (secondary N) is 2. The van der Waals surface area contributed by atoms with Gasteiger partial charge < -0.3 is 10.6 Å². The molecule has 1 fully saturated rings. The van der Waals surface area contributed by atoms with Crippen LogP contribution in [0.15, 0.2) is 41.1 Å². The van der Waals surface area contributed by atoms with Crippen molar-refractivity contribution in [1.82, 2.24) is 15.3 Å². The molecule has 1 amide bonds. The van der Waals surface area contributed by atoms with Crippen LogP contribution in [0.1, 0.15) is 23.3 Å². The second-order valence-electron chi connectivity index (χ2n) is 4.67. The summed E-state index contributed by atoms with van der Waals surface area (Å²) in [5.41, 5.74) is 1.28. The van der Waals surface area contributed by atoms with Crippen LogP contribution in [0.25, 0.3) is 0 Å². The summed E-state index contributed by atoms with van der Waals surface area (Å²) in [4.78, 5) is 20.0. The van der Waals surface area contributed by atoms with Crippen molar-refractivity contribution in [3.8, 4) is 0 Å². The van der Waals surface area contributed by atoms with E-state index in [4.69, 9.17) is 0 Å². The Labute approximate surface area is 125 Å². The van der Waals surface area contributed by atoms with Crippen molar-refractivity contribution in [2.24, 2.45) is 0 Å². The van der Waals surface area contributed by atoms with Gasteiger partial charge in [-0.15, -0.1) is 0 Å². The molecule has 5 nitrogen and oxygen atoms in total. The minimum atomic E-state index is -0.145. The van der Waals surface area contributed by atoms with E-state index in [1.807, 2.05) is 24.3 Å². The van der Waals surface area contributed by atoms with Crippen LogP contribution in [0.3, 0.4) is 0 Å². The Morgan fingerprint density at radius 3 is 2.65 bits per heavy atom. The van der Waals surface area contributed by atoms with Crippen LogP contribution in [-0.2, 0) is 0 Å². The Morgan fingerprint density at radius 2 is 1.95 bits per heavy atom. The standard InChI is InChI=1S/C14H13BrN4O/c15-9-1-3-10(4-2-9)18-13-7-12(16-8-17-13)14(20)19-11-5-6-11/h1-4,7-8,11H,5-6H2,(H,19,20)(H,16,17,18). The molecule has 1 aliphatic carbocycles. The molecule has 0 unspecified atom stereocenters. The van der Waals surface area contributed by atoms with Gasteiger partial charge in [0, 0.05) is 22.3 Å². The first-order chi connectivity index (χ1) is 9.70. The molecule has 102 valence electrons. The molecule has 1 aliphatic rings. The first-order valence-electron chi connectivity index (χ1n) is 6.36. The zero-order valence-electron chi connectivity index (χ0n) is 10.6. The van der Waals surface area contributed by atoms with E-state index >= 15 is 0 Å². The fraction of sp³-hybridized carbons (Fsp3) is 0.214. The van der Waals surface area contributed by atoms with Crippen LogP contribution in [0, 0.1) is 0 Å². The number of hydrogen-bond donors (Lipinski definition) is 2. The van der Waals surface area contributed by atoms with E-state index in [1.54, 1.807) is 6.07 Å². The molecule has 0 aliphatic heterocycles. The van der Waals surface area contributed by atoms with Gasteiger partial charge in [0.15, 0.2) is 0 Å². The number of anilines is 2. The molecule has 3 rings (SSSR count). The monoisotopic (exact) mass is 332 g/mol. The van der Waals surface area contributed by atoms with Crippen LogP contribution in [0.4, 0.5) is 11.5 Å². The highest BCUT2D eigenvalue weighted by Crippen LogP contribution is 2.20. The molecule has 0 spiro atoms. The number of nitrogens with zero attached hydrogens (tertiary/aromatic N) is 2. The minimum Gasteiger partial charge on any atom is -0.348 e. The molecule has 1 aromatic heterocycles. The van der Waals surface area contributed by atoms with E-state index in [2.05, 4.69) is 36.5 Å². The third-order valence-electron chi connectivity index (χ3n) is 2.93.